The molecule has 4 N–H and O–H groups in total. The van der Waals surface area contributed by atoms with Gasteiger partial charge >= 0.3 is 0 Å². The second kappa shape index (κ2) is 7.45. The standard InChI is InChI=1S/C22H14N4O2/c23-11-13-3-1-5-15(9-13)21(27)17-7-8-18(25)20(26)19(17)22(28)16-6-2-4-14(10-16)12-24/h1-10H,25-26H2. The Morgan fingerprint density at radius 3 is 1.82 bits per heavy atom. The minimum absolute atomic E-state index is 0.00496. The van der Waals surface area contributed by atoms with E-state index in [0.717, 1.165) is 0 Å². The summed E-state index contributed by atoms with van der Waals surface area (Å²) in [4.78, 5) is 26.2. The van der Waals surface area contributed by atoms with Gasteiger partial charge in [-0.15, -0.1) is 0 Å². The average molecular weight is 366 g/mol. The second-order valence-electron chi connectivity index (χ2n) is 6.03. The summed E-state index contributed by atoms with van der Waals surface area (Å²) in [7, 11) is 0. The second-order valence-corrected chi connectivity index (χ2v) is 6.03. The van der Waals surface area contributed by atoms with Crippen molar-refractivity contribution in [3.63, 3.8) is 0 Å². The van der Waals surface area contributed by atoms with Gasteiger partial charge in [0, 0.05) is 16.7 Å². The molecular weight excluding hydrogens is 352 g/mol. The third-order valence-corrected chi connectivity index (χ3v) is 4.26. The summed E-state index contributed by atoms with van der Waals surface area (Å²) in [5.74, 6) is -0.967. The highest BCUT2D eigenvalue weighted by Crippen LogP contribution is 2.29. The molecule has 6 heteroatoms. The van der Waals surface area contributed by atoms with Crippen LogP contribution in [-0.2, 0) is 0 Å². The number of carbonyl (C=O) groups excluding carboxylic acids is 2. The van der Waals surface area contributed by atoms with Crippen LogP contribution in [0.5, 0.6) is 0 Å². The highest BCUT2D eigenvalue weighted by molar-refractivity contribution is 6.22. The monoisotopic (exact) mass is 366 g/mol. The minimum atomic E-state index is -0.512. The Morgan fingerprint density at radius 2 is 1.29 bits per heavy atom. The Kier molecular flexibility index (Phi) is 4.89. The molecule has 0 radical (unpaired) electrons. The Bertz CT molecular complexity index is 1200. The van der Waals surface area contributed by atoms with Crippen molar-refractivity contribution in [1.29, 1.82) is 10.5 Å². The van der Waals surface area contributed by atoms with E-state index in [0.29, 0.717) is 11.1 Å². The van der Waals surface area contributed by atoms with E-state index in [1.54, 1.807) is 30.3 Å². The predicted octanol–water partition coefficient (Wildman–Crippen LogP) is 3.06. The van der Waals surface area contributed by atoms with E-state index < -0.39 is 11.6 Å². The Labute approximate surface area is 161 Å². The van der Waals surface area contributed by atoms with Crippen LogP contribution >= 0.6 is 0 Å². The van der Waals surface area contributed by atoms with Gasteiger partial charge in [0.15, 0.2) is 11.6 Å². The zero-order chi connectivity index (χ0) is 20.3. The fraction of sp³-hybridized carbons (Fsp3) is 0. The van der Waals surface area contributed by atoms with Gasteiger partial charge < -0.3 is 11.5 Å². The molecule has 0 saturated heterocycles. The molecule has 0 aliphatic heterocycles. The van der Waals surface area contributed by atoms with Gasteiger partial charge in [-0.1, -0.05) is 24.3 Å². The predicted molar refractivity (Wildman–Crippen MR) is 104 cm³/mol. The summed E-state index contributed by atoms with van der Waals surface area (Å²) in [6, 6.07) is 19.1. The summed E-state index contributed by atoms with van der Waals surface area (Å²) in [6.07, 6.45) is 0. The van der Waals surface area contributed by atoms with Gasteiger partial charge in [0.2, 0.25) is 0 Å². The number of hydrogen-bond donors (Lipinski definition) is 2. The minimum Gasteiger partial charge on any atom is -0.397 e. The Balaban J connectivity index is 2.17. The third-order valence-electron chi connectivity index (χ3n) is 4.26. The van der Waals surface area contributed by atoms with E-state index in [1.807, 2.05) is 12.1 Å². The van der Waals surface area contributed by atoms with Crippen LogP contribution in [0.2, 0.25) is 0 Å². The molecule has 6 nitrogen and oxygen atoms in total. The largest absolute Gasteiger partial charge is 0.397 e. The number of carbonyl (C=O) groups is 2. The van der Waals surface area contributed by atoms with Crippen molar-refractivity contribution in [3.05, 3.63) is 94.0 Å². The van der Waals surface area contributed by atoms with Crippen molar-refractivity contribution >= 4 is 22.9 Å². The number of nitrogens with zero attached hydrogens (tertiary/aromatic N) is 2. The fourth-order valence-electron chi connectivity index (χ4n) is 2.83. The summed E-state index contributed by atoms with van der Waals surface area (Å²) in [5.41, 5.74) is 13.2. The number of nitriles is 2. The lowest BCUT2D eigenvalue weighted by molar-refractivity contribution is 0.100. The summed E-state index contributed by atoms with van der Waals surface area (Å²) >= 11 is 0. The molecule has 3 rings (SSSR count). The molecule has 0 aromatic heterocycles. The first-order chi connectivity index (χ1) is 13.5. The van der Waals surface area contributed by atoms with E-state index in [-0.39, 0.29) is 33.6 Å². The maximum absolute atomic E-state index is 13.1. The van der Waals surface area contributed by atoms with Gasteiger partial charge in [-0.2, -0.15) is 10.5 Å². The van der Waals surface area contributed by atoms with Crippen LogP contribution in [0.4, 0.5) is 11.4 Å². The van der Waals surface area contributed by atoms with Gasteiger partial charge in [0.1, 0.15) is 0 Å². The topological polar surface area (TPSA) is 134 Å². The molecule has 0 saturated carbocycles. The van der Waals surface area contributed by atoms with E-state index in [9.17, 15) is 9.59 Å². The number of ketones is 2. The van der Waals surface area contributed by atoms with E-state index >= 15 is 0 Å². The first kappa shape index (κ1) is 18.4. The lowest BCUT2D eigenvalue weighted by atomic mass is 9.90. The van der Waals surface area contributed by atoms with Crippen molar-refractivity contribution in [2.45, 2.75) is 0 Å². The zero-order valence-corrected chi connectivity index (χ0v) is 14.6. The Morgan fingerprint density at radius 1 is 0.750 bits per heavy atom. The summed E-state index contributed by atoms with van der Waals surface area (Å²) < 4.78 is 0. The molecule has 3 aromatic rings. The molecule has 134 valence electrons. The molecule has 0 amide bonds. The average Bonchev–Trinajstić information content (AvgIpc) is 2.74. The third kappa shape index (κ3) is 3.31. The zero-order valence-electron chi connectivity index (χ0n) is 14.6. The van der Waals surface area contributed by atoms with Crippen molar-refractivity contribution in [1.82, 2.24) is 0 Å². The van der Waals surface area contributed by atoms with E-state index in [2.05, 4.69) is 0 Å². The maximum atomic E-state index is 13.1. The Hall–Kier alpha value is -4.42. The molecule has 28 heavy (non-hydrogen) atoms. The first-order valence-electron chi connectivity index (χ1n) is 8.24. The number of anilines is 2. The molecular formula is C22H14N4O2. The first-order valence-corrected chi connectivity index (χ1v) is 8.24. The lowest BCUT2D eigenvalue weighted by Gasteiger charge is -2.13. The quantitative estimate of drug-likeness (QED) is 0.538. The molecule has 0 fully saturated rings. The van der Waals surface area contributed by atoms with Crippen LogP contribution in [0.15, 0.2) is 60.7 Å². The van der Waals surface area contributed by atoms with Crippen LogP contribution in [-0.4, -0.2) is 11.6 Å². The van der Waals surface area contributed by atoms with Crippen LogP contribution < -0.4 is 11.5 Å². The van der Waals surface area contributed by atoms with Crippen molar-refractivity contribution in [3.8, 4) is 12.1 Å². The fourth-order valence-corrected chi connectivity index (χ4v) is 2.83. The summed E-state index contributed by atoms with van der Waals surface area (Å²) in [6.45, 7) is 0. The van der Waals surface area contributed by atoms with Crippen LogP contribution in [0.25, 0.3) is 0 Å². The molecule has 0 unspecified atom stereocenters. The van der Waals surface area contributed by atoms with Crippen molar-refractivity contribution in [2.24, 2.45) is 0 Å². The van der Waals surface area contributed by atoms with E-state index in [4.69, 9.17) is 22.0 Å². The number of nitrogens with two attached hydrogens (primary N) is 2. The lowest BCUT2D eigenvalue weighted by Crippen LogP contribution is -2.15. The van der Waals surface area contributed by atoms with Gasteiger partial charge in [-0.05, 0) is 36.4 Å². The SMILES string of the molecule is N#Cc1cccc(C(=O)c2ccc(N)c(N)c2C(=O)c2cccc(C#N)c2)c1. The molecule has 0 atom stereocenters. The molecule has 0 spiro atoms. The summed E-state index contributed by atoms with van der Waals surface area (Å²) in [5, 5.41) is 18.1. The number of nitrogen functional groups attached to an aromatic ring is 2. The molecule has 0 aliphatic carbocycles. The maximum Gasteiger partial charge on any atom is 0.195 e. The van der Waals surface area contributed by atoms with Gasteiger partial charge in [0.25, 0.3) is 0 Å². The molecule has 0 bridgehead atoms. The van der Waals surface area contributed by atoms with Gasteiger partial charge in [-0.25, -0.2) is 0 Å². The number of rotatable bonds is 4. The highest BCUT2D eigenvalue weighted by atomic mass is 16.1. The molecule has 3 aromatic carbocycles. The van der Waals surface area contributed by atoms with E-state index in [1.165, 1.54) is 30.3 Å². The van der Waals surface area contributed by atoms with Gasteiger partial charge in [-0.3, -0.25) is 9.59 Å². The highest BCUT2D eigenvalue weighted by Gasteiger charge is 2.24. The van der Waals surface area contributed by atoms with Crippen LogP contribution in [0.3, 0.4) is 0 Å². The van der Waals surface area contributed by atoms with Crippen LogP contribution in [0, 0.1) is 22.7 Å². The van der Waals surface area contributed by atoms with Crippen molar-refractivity contribution < 1.29 is 9.59 Å². The van der Waals surface area contributed by atoms with Crippen molar-refractivity contribution in [2.75, 3.05) is 11.5 Å². The number of hydrogen-bond acceptors (Lipinski definition) is 6. The smallest absolute Gasteiger partial charge is 0.195 e. The molecule has 0 aliphatic rings. The molecule has 0 heterocycles. The van der Waals surface area contributed by atoms with Gasteiger partial charge in [0.05, 0.1) is 40.2 Å². The normalized spacial score (nSPS) is 9.93. The van der Waals surface area contributed by atoms with Crippen LogP contribution in [0.1, 0.15) is 43.0 Å². The number of benzene rings is 3.